The van der Waals surface area contributed by atoms with Crippen molar-refractivity contribution in [3.8, 4) is 5.82 Å². The highest BCUT2D eigenvalue weighted by Gasteiger charge is 2.04. The Bertz CT molecular complexity index is 656. The lowest BCUT2D eigenvalue weighted by atomic mass is 10.2. The van der Waals surface area contributed by atoms with Gasteiger partial charge in [-0.3, -0.25) is 14.7 Å². The van der Waals surface area contributed by atoms with Crippen LogP contribution >= 0.6 is 11.6 Å². The number of aldehydes is 1. The van der Waals surface area contributed by atoms with E-state index in [0.29, 0.717) is 17.7 Å². The molecule has 7 heteroatoms. The average Bonchev–Trinajstić information content (AvgIpc) is 2.85. The van der Waals surface area contributed by atoms with E-state index in [0.717, 1.165) is 0 Å². The van der Waals surface area contributed by atoms with Crippen molar-refractivity contribution in [3.05, 3.63) is 45.5 Å². The molecule has 0 atom stereocenters. The topological polar surface area (TPSA) is 77.0 Å². The fourth-order valence-electron chi connectivity index (χ4n) is 1.13. The highest BCUT2D eigenvalue weighted by Crippen LogP contribution is 2.13. The number of pyridine rings is 1. The van der Waals surface area contributed by atoms with Gasteiger partial charge in [0.2, 0.25) is 0 Å². The summed E-state index contributed by atoms with van der Waals surface area (Å²) in [6.07, 6.45) is 2.15. The third-order valence-corrected chi connectivity index (χ3v) is 2.76. The molecule has 0 unspecified atom stereocenters. The van der Waals surface area contributed by atoms with Crippen LogP contribution in [0, 0.1) is 0 Å². The number of hydrogen-bond acceptors (Lipinski definition) is 4. The van der Waals surface area contributed by atoms with E-state index < -0.39 is 0 Å². The molecule has 0 spiro atoms. The molecule has 0 aliphatic heterocycles. The van der Waals surface area contributed by atoms with Gasteiger partial charge >= 0.3 is 0 Å². The number of hydrogen-bond donors (Lipinski definition) is 1. The van der Waals surface area contributed by atoms with Crippen molar-refractivity contribution in [3.63, 3.8) is 0 Å². The lowest BCUT2D eigenvalue weighted by Crippen LogP contribution is -2.15. The number of ether oxygens (including phenoxy) is 1. The summed E-state index contributed by atoms with van der Waals surface area (Å²) in [6, 6.07) is 4.49. The summed E-state index contributed by atoms with van der Waals surface area (Å²) in [5.41, 5.74) is 0.127. The molecule has 0 radical (unpaired) electrons. The van der Waals surface area contributed by atoms with Gasteiger partial charge in [0.1, 0.15) is 5.15 Å². The second-order valence-corrected chi connectivity index (χ2v) is 5.50. The molecule has 0 bridgehead atoms. The maximum absolute atomic E-state index is 10.9. The lowest BCUT2D eigenvalue weighted by molar-refractivity contribution is 0.0397. The largest absolute Gasteiger partial charge is 0.379 e. The molecule has 0 aliphatic rings. The number of carbonyl (C=O) groups excluding carboxylic acids is 1. The van der Waals surface area contributed by atoms with Crippen molar-refractivity contribution in [2.75, 3.05) is 7.11 Å². The predicted octanol–water partition coefficient (Wildman–Crippen LogP) is 2.46. The summed E-state index contributed by atoms with van der Waals surface area (Å²) in [5, 5.41) is 2.62. The van der Waals surface area contributed by atoms with Crippen LogP contribution in [0.3, 0.4) is 0 Å². The second-order valence-electron chi connectivity index (χ2n) is 5.15. The van der Waals surface area contributed by atoms with E-state index in [1.807, 2.05) is 20.8 Å². The number of carbonyl (C=O) groups is 1. The maximum atomic E-state index is 10.9. The van der Waals surface area contributed by atoms with Crippen molar-refractivity contribution in [2.24, 2.45) is 0 Å². The molecule has 0 saturated carbocycles. The molecule has 2 aromatic rings. The number of nitrogens with zero attached hydrogens (tertiary/aromatic N) is 2. The van der Waals surface area contributed by atoms with Gasteiger partial charge in [-0.05, 0) is 32.9 Å². The Morgan fingerprint density at radius 3 is 2.33 bits per heavy atom. The molecule has 0 aliphatic carbocycles. The van der Waals surface area contributed by atoms with Crippen LogP contribution in [0.2, 0.25) is 5.15 Å². The molecular weight excluding hydrogens is 294 g/mol. The quantitative estimate of drug-likeness (QED) is 0.682. The normalized spacial score (nSPS) is 10.7. The van der Waals surface area contributed by atoms with E-state index in [9.17, 15) is 9.59 Å². The van der Waals surface area contributed by atoms with Gasteiger partial charge in [0.25, 0.3) is 5.56 Å². The van der Waals surface area contributed by atoms with Crippen LogP contribution in [0.25, 0.3) is 5.82 Å². The Morgan fingerprint density at radius 1 is 1.33 bits per heavy atom. The third-order valence-electron chi connectivity index (χ3n) is 2.45. The first-order valence-corrected chi connectivity index (χ1v) is 6.59. The van der Waals surface area contributed by atoms with Gasteiger partial charge in [-0.2, -0.15) is 0 Å². The van der Waals surface area contributed by atoms with E-state index in [2.05, 4.69) is 10.1 Å². The molecule has 114 valence electrons. The van der Waals surface area contributed by atoms with Gasteiger partial charge < -0.3 is 4.74 Å². The van der Waals surface area contributed by atoms with Gasteiger partial charge in [-0.1, -0.05) is 11.6 Å². The first-order chi connectivity index (χ1) is 9.76. The molecule has 0 saturated heterocycles. The first kappa shape index (κ1) is 17.1. The number of H-pyrrole nitrogens is 1. The van der Waals surface area contributed by atoms with Gasteiger partial charge in [-0.25, -0.2) is 9.67 Å². The molecule has 6 nitrogen and oxygen atoms in total. The second kappa shape index (κ2) is 7.19. The zero-order valence-electron chi connectivity index (χ0n) is 12.4. The van der Waals surface area contributed by atoms with Crippen LogP contribution in [-0.2, 0) is 4.74 Å². The van der Waals surface area contributed by atoms with Crippen molar-refractivity contribution in [1.29, 1.82) is 0 Å². The van der Waals surface area contributed by atoms with E-state index in [-0.39, 0.29) is 16.3 Å². The number of aromatic amines is 1. The van der Waals surface area contributed by atoms with Crippen molar-refractivity contribution in [2.45, 2.75) is 26.4 Å². The van der Waals surface area contributed by atoms with E-state index in [4.69, 9.17) is 16.3 Å². The molecule has 21 heavy (non-hydrogen) atoms. The van der Waals surface area contributed by atoms with Gasteiger partial charge in [0.15, 0.2) is 12.1 Å². The molecule has 2 heterocycles. The molecule has 0 aromatic carbocycles. The highest BCUT2D eigenvalue weighted by molar-refractivity contribution is 6.31. The zero-order chi connectivity index (χ0) is 16.0. The monoisotopic (exact) mass is 311 g/mol. The number of aromatic nitrogens is 3. The minimum Gasteiger partial charge on any atom is -0.379 e. The molecular formula is C14H18ClN3O3. The Hall–Kier alpha value is -1.92. The van der Waals surface area contributed by atoms with Crippen LogP contribution in [0.4, 0.5) is 0 Å². The zero-order valence-corrected chi connectivity index (χ0v) is 13.1. The lowest BCUT2D eigenvalue weighted by Gasteiger charge is -2.14. The van der Waals surface area contributed by atoms with Crippen LogP contribution in [0.15, 0.2) is 29.2 Å². The van der Waals surface area contributed by atoms with Gasteiger partial charge in [0.05, 0.1) is 11.2 Å². The van der Waals surface area contributed by atoms with Crippen molar-refractivity contribution >= 4 is 17.9 Å². The fourth-order valence-corrected chi connectivity index (χ4v) is 1.32. The van der Waals surface area contributed by atoms with Crippen LogP contribution < -0.4 is 5.56 Å². The summed E-state index contributed by atoms with van der Waals surface area (Å²) >= 11 is 5.74. The van der Waals surface area contributed by atoms with Crippen molar-refractivity contribution in [1.82, 2.24) is 14.8 Å². The molecule has 2 rings (SSSR count). The molecule has 2 aromatic heterocycles. The Balaban J connectivity index is 0.000000315. The van der Waals surface area contributed by atoms with Crippen LogP contribution in [0.1, 0.15) is 31.1 Å². The minimum atomic E-state index is -0.229. The Morgan fingerprint density at radius 2 is 1.95 bits per heavy atom. The van der Waals surface area contributed by atoms with E-state index in [1.165, 1.54) is 23.0 Å². The number of methoxy groups -OCH3 is 1. The number of halogens is 1. The average molecular weight is 312 g/mol. The molecule has 0 fully saturated rings. The van der Waals surface area contributed by atoms with Gasteiger partial charge in [0, 0.05) is 19.4 Å². The molecule has 1 N–H and O–H groups in total. The van der Waals surface area contributed by atoms with Gasteiger partial charge in [-0.15, -0.1) is 0 Å². The number of nitrogens with one attached hydrogen (secondary N) is 1. The summed E-state index contributed by atoms with van der Waals surface area (Å²) in [6.45, 7) is 6.06. The Kier molecular flexibility index (Phi) is 5.87. The summed E-state index contributed by atoms with van der Waals surface area (Å²) in [4.78, 5) is 25.3. The summed E-state index contributed by atoms with van der Waals surface area (Å²) < 4.78 is 6.36. The number of rotatable bonds is 2. The fraction of sp³-hybridized carbons (Fsp3) is 0.357. The van der Waals surface area contributed by atoms with Crippen molar-refractivity contribution < 1.29 is 9.53 Å². The SMILES string of the molecule is COC(C)(C)C.O=Cc1ccc(-n2ccc(=O)[nH]2)nc1Cl. The highest BCUT2D eigenvalue weighted by atomic mass is 35.5. The smallest absolute Gasteiger partial charge is 0.264 e. The third kappa shape index (κ3) is 5.53. The standard InChI is InChI=1S/C9H6ClN3O2.C5H12O/c10-9-6(5-14)1-2-7(11-9)13-4-3-8(15)12-13;1-5(2,3)6-4/h1-5H,(H,12,15);1-4H3. The first-order valence-electron chi connectivity index (χ1n) is 6.22. The molecule has 0 amide bonds. The van der Waals surface area contributed by atoms with Crippen LogP contribution in [-0.4, -0.2) is 33.8 Å². The van der Waals surface area contributed by atoms with E-state index >= 15 is 0 Å². The summed E-state index contributed by atoms with van der Waals surface area (Å²) in [7, 11) is 1.71. The Labute approximate surface area is 127 Å². The minimum absolute atomic E-state index is 0.0417. The summed E-state index contributed by atoms with van der Waals surface area (Å²) in [5.74, 6) is 0.452. The maximum Gasteiger partial charge on any atom is 0.264 e. The predicted molar refractivity (Wildman–Crippen MR) is 81.3 cm³/mol. The van der Waals surface area contributed by atoms with E-state index in [1.54, 1.807) is 13.2 Å². The van der Waals surface area contributed by atoms with Crippen LogP contribution in [0.5, 0.6) is 0 Å².